The van der Waals surface area contributed by atoms with E-state index in [1.54, 1.807) is 38.1 Å². The van der Waals surface area contributed by atoms with Crippen LogP contribution in [0.5, 0.6) is 11.5 Å². The molecule has 0 aliphatic heterocycles. The Balaban J connectivity index is 2.22. The van der Waals surface area contributed by atoms with Gasteiger partial charge in [0.2, 0.25) is 5.91 Å². The number of carbonyl (C=O) groups is 2. The number of hydrogen-bond acceptors (Lipinski definition) is 6. The van der Waals surface area contributed by atoms with E-state index in [2.05, 4.69) is 10.6 Å². The lowest BCUT2D eigenvalue weighted by molar-refractivity contribution is -0.118. The van der Waals surface area contributed by atoms with Gasteiger partial charge < -0.3 is 20.1 Å². The Labute approximate surface area is 176 Å². The van der Waals surface area contributed by atoms with Crippen molar-refractivity contribution < 1.29 is 27.5 Å². The molecule has 0 aliphatic carbocycles. The first-order valence-electron chi connectivity index (χ1n) is 9.20. The number of amides is 2. The number of benzene rings is 2. The molecule has 0 saturated heterocycles. The molecule has 2 aromatic rings. The summed E-state index contributed by atoms with van der Waals surface area (Å²) in [5, 5.41) is 5.39. The third kappa shape index (κ3) is 5.96. The summed E-state index contributed by atoms with van der Waals surface area (Å²) in [5.41, 5.74) is 0.606. The van der Waals surface area contributed by atoms with Crippen LogP contribution < -0.4 is 20.1 Å². The van der Waals surface area contributed by atoms with E-state index in [1.807, 2.05) is 0 Å². The van der Waals surface area contributed by atoms with Gasteiger partial charge in [-0.1, -0.05) is 19.9 Å². The van der Waals surface area contributed by atoms with Crippen LogP contribution in [0.15, 0.2) is 47.4 Å². The molecule has 8 nitrogen and oxygen atoms in total. The van der Waals surface area contributed by atoms with Gasteiger partial charge in [-0.2, -0.15) is 0 Å². The third-order valence-electron chi connectivity index (χ3n) is 4.38. The second kappa shape index (κ2) is 9.62. The minimum atomic E-state index is -3.41. The number of hydrogen-bond donors (Lipinski definition) is 2. The standard InChI is InChI=1S/C21H26N2O6S/c1-13(2)19(21(25)22-15-7-6-8-18(11-15)30(5,26)27)23-20(24)14-9-16(28-3)12-17(10-14)29-4/h6-13,19H,1-5H3,(H,22,25)(H,23,24). The quantitative estimate of drug-likeness (QED) is 0.660. The largest absolute Gasteiger partial charge is 0.497 e. The molecule has 2 rings (SSSR count). The number of ether oxygens (including phenoxy) is 2. The van der Waals surface area contributed by atoms with Crippen LogP contribution in [0, 0.1) is 5.92 Å². The maximum atomic E-state index is 12.8. The molecule has 0 fully saturated rings. The third-order valence-corrected chi connectivity index (χ3v) is 5.49. The predicted molar refractivity (Wildman–Crippen MR) is 114 cm³/mol. The molecule has 0 heterocycles. The van der Waals surface area contributed by atoms with Crippen LogP contribution in [0.2, 0.25) is 0 Å². The fourth-order valence-electron chi connectivity index (χ4n) is 2.72. The van der Waals surface area contributed by atoms with Crippen LogP contribution in [0.1, 0.15) is 24.2 Å². The van der Waals surface area contributed by atoms with Gasteiger partial charge in [0.1, 0.15) is 17.5 Å². The molecule has 0 spiro atoms. The van der Waals surface area contributed by atoms with Gasteiger partial charge in [0.15, 0.2) is 9.84 Å². The molecule has 0 aromatic heterocycles. The van der Waals surface area contributed by atoms with Gasteiger partial charge in [0.25, 0.3) is 5.91 Å². The molecule has 1 unspecified atom stereocenters. The van der Waals surface area contributed by atoms with E-state index in [-0.39, 0.29) is 16.4 Å². The lowest BCUT2D eigenvalue weighted by Crippen LogP contribution is -2.47. The van der Waals surface area contributed by atoms with Gasteiger partial charge >= 0.3 is 0 Å². The topological polar surface area (TPSA) is 111 Å². The van der Waals surface area contributed by atoms with Crippen molar-refractivity contribution in [1.82, 2.24) is 5.32 Å². The van der Waals surface area contributed by atoms with Gasteiger partial charge in [0, 0.05) is 23.6 Å². The predicted octanol–water partition coefficient (Wildman–Crippen LogP) is 2.50. The first-order valence-corrected chi connectivity index (χ1v) is 11.1. The van der Waals surface area contributed by atoms with E-state index < -0.39 is 27.7 Å². The number of carbonyl (C=O) groups excluding carboxylic acids is 2. The molecule has 2 N–H and O–H groups in total. The molecule has 0 aliphatic rings. The van der Waals surface area contributed by atoms with E-state index in [0.717, 1.165) is 6.26 Å². The van der Waals surface area contributed by atoms with Crippen molar-refractivity contribution in [2.24, 2.45) is 5.92 Å². The number of sulfone groups is 1. The average molecular weight is 435 g/mol. The highest BCUT2D eigenvalue weighted by Gasteiger charge is 2.25. The highest BCUT2D eigenvalue weighted by Crippen LogP contribution is 2.23. The fourth-order valence-corrected chi connectivity index (χ4v) is 3.39. The second-order valence-corrected chi connectivity index (χ2v) is 9.10. The van der Waals surface area contributed by atoms with E-state index in [9.17, 15) is 18.0 Å². The zero-order valence-corrected chi connectivity index (χ0v) is 18.4. The second-order valence-electron chi connectivity index (χ2n) is 7.09. The van der Waals surface area contributed by atoms with Crippen LogP contribution in [0.25, 0.3) is 0 Å². The summed E-state index contributed by atoms with van der Waals surface area (Å²) >= 11 is 0. The van der Waals surface area contributed by atoms with E-state index >= 15 is 0 Å². The number of anilines is 1. The molecule has 9 heteroatoms. The van der Waals surface area contributed by atoms with Crippen molar-refractivity contribution in [3.63, 3.8) is 0 Å². The minimum Gasteiger partial charge on any atom is -0.497 e. The minimum absolute atomic E-state index is 0.0916. The molecular weight excluding hydrogens is 408 g/mol. The fraction of sp³-hybridized carbons (Fsp3) is 0.333. The Bertz CT molecular complexity index is 1010. The average Bonchev–Trinajstić information content (AvgIpc) is 2.70. The Morgan fingerprint density at radius 3 is 2.07 bits per heavy atom. The van der Waals surface area contributed by atoms with Crippen LogP contribution in [-0.4, -0.2) is 46.7 Å². The van der Waals surface area contributed by atoms with Gasteiger partial charge in [-0.15, -0.1) is 0 Å². The smallest absolute Gasteiger partial charge is 0.252 e. The summed E-state index contributed by atoms with van der Waals surface area (Å²) in [4.78, 5) is 25.7. The normalized spacial score (nSPS) is 12.2. The Morgan fingerprint density at radius 1 is 0.967 bits per heavy atom. The summed E-state index contributed by atoms with van der Waals surface area (Å²) in [5.74, 6) is -0.255. The van der Waals surface area contributed by atoms with E-state index in [0.29, 0.717) is 17.2 Å². The zero-order chi connectivity index (χ0) is 22.5. The monoisotopic (exact) mass is 434 g/mol. The maximum Gasteiger partial charge on any atom is 0.252 e. The van der Waals surface area contributed by atoms with Crippen molar-refractivity contribution in [1.29, 1.82) is 0 Å². The molecular formula is C21H26N2O6S. The molecule has 30 heavy (non-hydrogen) atoms. The van der Waals surface area contributed by atoms with Gasteiger partial charge in [-0.05, 0) is 36.2 Å². The Kier molecular flexibility index (Phi) is 7.44. The van der Waals surface area contributed by atoms with Crippen LogP contribution in [0.4, 0.5) is 5.69 Å². The lowest BCUT2D eigenvalue weighted by atomic mass is 10.0. The molecule has 2 aromatic carbocycles. The van der Waals surface area contributed by atoms with Gasteiger partial charge in [-0.3, -0.25) is 9.59 Å². The van der Waals surface area contributed by atoms with Crippen molar-refractivity contribution >= 4 is 27.3 Å². The summed E-state index contributed by atoms with van der Waals surface area (Å²) in [7, 11) is -0.456. The lowest BCUT2D eigenvalue weighted by Gasteiger charge is -2.22. The summed E-state index contributed by atoms with van der Waals surface area (Å²) in [6, 6.07) is 9.82. The van der Waals surface area contributed by atoms with Crippen molar-refractivity contribution in [2.75, 3.05) is 25.8 Å². The SMILES string of the molecule is COc1cc(OC)cc(C(=O)NC(C(=O)Nc2cccc(S(C)(=O)=O)c2)C(C)C)c1. The highest BCUT2D eigenvalue weighted by atomic mass is 32.2. The van der Waals surface area contributed by atoms with Gasteiger partial charge in [0.05, 0.1) is 19.1 Å². The molecule has 0 radical (unpaired) electrons. The van der Waals surface area contributed by atoms with Crippen molar-refractivity contribution in [2.45, 2.75) is 24.8 Å². The summed E-state index contributed by atoms with van der Waals surface area (Å²) < 4.78 is 33.8. The van der Waals surface area contributed by atoms with Gasteiger partial charge in [-0.25, -0.2) is 8.42 Å². The molecule has 2 amide bonds. The zero-order valence-electron chi connectivity index (χ0n) is 17.6. The Morgan fingerprint density at radius 2 is 1.57 bits per heavy atom. The molecule has 0 saturated carbocycles. The number of nitrogens with one attached hydrogen (secondary N) is 2. The van der Waals surface area contributed by atoms with E-state index in [4.69, 9.17) is 9.47 Å². The molecule has 0 bridgehead atoms. The summed E-state index contributed by atoms with van der Waals surface area (Å²) in [6.45, 7) is 3.59. The molecule has 1 atom stereocenters. The van der Waals surface area contributed by atoms with Crippen molar-refractivity contribution in [3.05, 3.63) is 48.0 Å². The first kappa shape index (κ1) is 23.2. The number of methoxy groups -OCH3 is 2. The van der Waals surface area contributed by atoms with E-state index in [1.165, 1.54) is 32.4 Å². The molecule has 162 valence electrons. The highest BCUT2D eigenvalue weighted by molar-refractivity contribution is 7.90. The number of rotatable bonds is 8. The van der Waals surface area contributed by atoms with Crippen LogP contribution in [-0.2, 0) is 14.6 Å². The first-order chi connectivity index (χ1) is 14.0. The Hall–Kier alpha value is -3.07. The summed E-state index contributed by atoms with van der Waals surface area (Å²) in [6.07, 6.45) is 1.09. The maximum absolute atomic E-state index is 12.8. The van der Waals surface area contributed by atoms with Crippen LogP contribution >= 0.6 is 0 Å². The van der Waals surface area contributed by atoms with Crippen molar-refractivity contribution in [3.8, 4) is 11.5 Å². The van der Waals surface area contributed by atoms with Crippen LogP contribution in [0.3, 0.4) is 0 Å².